The number of nitrogens with two attached hydrogens (primary N) is 1. The topological polar surface area (TPSA) is 364 Å². The smallest absolute Gasteiger partial charge is 0.386 e. The molecule has 3 heterocycles. The van der Waals surface area contributed by atoms with Gasteiger partial charge in [0.05, 0.1) is 19.5 Å². The number of nitrogen functional groups attached to an aromatic ring is 1. The standard InChI is InChI=1S/C26H46N7O17P3SSi/c1-26(2,21(37)24(38)29-7-6-17(35)28-8-10-54-55(3,4)11-5-9-34)13-47-53(44,45)50-52(42,43)46-12-16-20(49-51(39,40)41)19(36)25(48-16)33-15-32-18-22(27)30-14-31-23(18)33/h9,14-16,19-21,25,36-37H,5-8,10-13H2,1-4H3,(H,28,35)(H,29,38)(H,42,43)(H,44,45)(H2,27,30,31)(H2,39,40,41)/t16-,19-,20-,21+,25-/m1/s1. The molecule has 7 atom stereocenters. The molecule has 3 rings (SSSR count). The van der Waals surface area contributed by atoms with Crippen molar-refractivity contribution in [2.24, 2.45) is 5.41 Å². The second kappa shape index (κ2) is 19.5. The Kier molecular flexibility index (Phi) is 16.7. The number of aliphatic hydroxyl groups excluding tert-OH is 2. The lowest BCUT2D eigenvalue weighted by Crippen LogP contribution is -2.46. The van der Waals surface area contributed by atoms with E-state index in [9.17, 15) is 57.9 Å². The number of aliphatic hydroxyl groups is 2. The van der Waals surface area contributed by atoms with Gasteiger partial charge in [-0.15, -0.1) is 0 Å². The molecule has 0 aromatic carbocycles. The first kappa shape index (κ1) is 47.2. The molecular weight excluding hydrogens is 835 g/mol. The molecule has 29 heteroatoms. The molecular formula is C26H46N7O17P3SSi. The number of hydrogen-bond donors (Lipinski definition) is 9. The lowest BCUT2D eigenvalue weighted by Gasteiger charge is -2.30. The fourth-order valence-corrected chi connectivity index (χ4v) is 12.2. The summed E-state index contributed by atoms with van der Waals surface area (Å²) in [5.41, 5.74) is 4.29. The highest BCUT2D eigenvalue weighted by Crippen LogP contribution is 2.61. The number of anilines is 1. The van der Waals surface area contributed by atoms with Gasteiger partial charge in [0.1, 0.15) is 49.8 Å². The lowest BCUT2D eigenvalue weighted by atomic mass is 9.87. The number of nitrogens with one attached hydrogen (secondary N) is 2. The lowest BCUT2D eigenvalue weighted by molar-refractivity contribution is -0.137. The molecule has 1 fully saturated rings. The van der Waals surface area contributed by atoms with E-state index in [0.717, 1.165) is 29.6 Å². The molecule has 2 amide bonds. The van der Waals surface area contributed by atoms with Crippen molar-refractivity contribution in [3.8, 4) is 0 Å². The summed E-state index contributed by atoms with van der Waals surface area (Å²) in [5, 5.41) is 26.5. The van der Waals surface area contributed by atoms with Gasteiger partial charge in [0.25, 0.3) is 0 Å². The fraction of sp³-hybridized carbons (Fsp3) is 0.692. The fourth-order valence-electron chi connectivity index (χ4n) is 4.94. The Morgan fingerprint density at radius 3 is 2.44 bits per heavy atom. The SMILES string of the molecule is CC(C)(COP(=O)(O)OP(=O)(O)OC[C@H]1O[C@@H](n2cnc3c(N)ncnc32)[C@H](O)[C@@H]1OP(=O)(O)O)[C@@H](O)C(=O)NCCC(=O)NCCS[Si](C)(C)CCC=O. The molecule has 0 spiro atoms. The Bertz CT molecular complexity index is 1800. The van der Waals surface area contributed by atoms with E-state index >= 15 is 0 Å². The first-order valence-corrected chi connectivity index (χ1v) is 25.8. The van der Waals surface area contributed by atoms with E-state index < -0.39 is 85.9 Å². The summed E-state index contributed by atoms with van der Waals surface area (Å²) in [7, 11) is -18.0. The molecule has 0 saturated carbocycles. The Morgan fingerprint density at radius 2 is 1.78 bits per heavy atom. The maximum atomic E-state index is 12.7. The number of phosphoric acid groups is 3. The molecule has 2 aromatic rings. The van der Waals surface area contributed by atoms with Crippen LogP contribution in [0.25, 0.3) is 11.2 Å². The molecule has 1 aliphatic heterocycles. The van der Waals surface area contributed by atoms with E-state index in [4.69, 9.17) is 19.5 Å². The summed E-state index contributed by atoms with van der Waals surface area (Å²) in [4.78, 5) is 86.3. The molecule has 55 heavy (non-hydrogen) atoms. The van der Waals surface area contributed by atoms with Crippen molar-refractivity contribution in [2.75, 3.05) is 37.8 Å². The monoisotopic (exact) mass is 881 g/mol. The van der Waals surface area contributed by atoms with Crippen molar-refractivity contribution in [1.82, 2.24) is 30.2 Å². The summed E-state index contributed by atoms with van der Waals surface area (Å²) < 4.78 is 62.1. The van der Waals surface area contributed by atoms with Gasteiger partial charge in [0, 0.05) is 37.1 Å². The maximum absolute atomic E-state index is 12.7. The number of amides is 2. The van der Waals surface area contributed by atoms with Gasteiger partial charge in [-0.05, 0) is 6.04 Å². The third kappa shape index (κ3) is 14.6. The summed E-state index contributed by atoms with van der Waals surface area (Å²) in [6, 6.07) is 0.830. The molecule has 2 unspecified atom stereocenters. The van der Waals surface area contributed by atoms with Crippen LogP contribution >= 0.6 is 34.7 Å². The van der Waals surface area contributed by atoms with Crippen LogP contribution in [0.2, 0.25) is 19.1 Å². The zero-order valence-corrected chi connectivity index (χ0v) is 34.6. The van der Waals surface area contributed by atoms with Crippen LogP contribution in [0.3, 0.4) is 0 Å². The van der Waals surface area contributed by atoms with Crippen molar-refractivity contribution in [3.05, 3.63) is 12.7 Å². The van der Waals surface area contributed by atoms with Crippen LogP contribution in [0.5, 0.6) is 0 Å². The normalized spacial score (nSPS) is 22.1. The number of aromatic nitrogens is 4. The second-order valence-corrected chi connectivity index (χ2v) is 26.5. The van der Waals surface area contributed by atoms with Gasteiger partial charge in [-0.1, -0.05) is 26.9 Å². The molecule has 0 radical (unpaired) electrons. The summed E-state index contributed by atoms with van der Waals surface area (Å²) in [5.74, 6) is -0.686. The molecule has 2 aromatic heterocycles. The van der Waals surface area contributed by atoms with Crippen LogP contribution in [0, 0.1) is 5.41 Å². The molecule has 1 aliphatic rings. The highest BCUT2D eigenvalue weighted by molar-refractivity contribution is 8.28. The molecule has 312 valence electrons. The number of fused-ring (bicyclic) bond motifs is 1. The highest BCUT2D eigenvalue weighted by atomic mass is 32.4. The predicted octanol–water partition coefficient (Wildman–Crippen LogP) is -0.0678. The van der Waals surface area contributed by atoms with Gasteiger partial charge in [0.15, 0.2) is 17.7 Å². The third-order valence-corrected chi connectivity index (χ3v) is 17.2. The second-order valence-electron chi connectivity index (χ2n) is 13.4. The van der Waals surface area contributed by atoms with Crippen LogP contribution in [0.15, 0.2) is 12.7 Å². The number of carbonyl (C=O) groups excluding carboxylic acids is 3. The van der Waals surface area contributed by atoms with E-state index in [1.807, 2.05) is 0 Å². The van der Waals surface area contributed by atoms with Gasteiger partial charge in [0.2, 0.25) is 11.8 Å². The van der Waals surface area contributed by atoms with Crippen LogP contribution < -0.4 is 16.4 Å². The Labute approximate surface area is 319 Å². The summed E-state index contributed by atoms with van der Waals surface area (Å²) in [6.07, 6.45) is -5.42. The van der Waals surface area contributed by atoms with Crippen molar-refractivity contribution in [3.63, 3.8) is 0 Å². The molecule has 10 N–H and O–H groups in total. The number of aldehydes is 1. The average molecular weight is 882 g/mol. The van der Waals surface area contributed by atoms with Crippen molar-refractivity contribution in [1.29, 1.82) is 0 Å². The predicted molar refractivity (Wildman–Crippen MR) is 195 cm³/mol. The molecule has 24 nitrogen and oxygen atoms in total. The van der Waals surface area contributed by atoms with Crippen LogP contribution in [0.4, 0.5) is 5.82 Å². The highest BCUT2D eigenvalue weighted by Gasteiger charge is 2.50. The van der Waals surface area contributed by atoms with Gasteiger partial charge in [-0.25, -0.2) is 28.6 Å². The van der Waals surface area contributed by atoms with E-state index in [1.54, 1.807) is 11.2 Å². The Balaban J connectivity index is 1.50. The van der Waals surface area contributed by atoms with Crippen molar-refractivity contribution < 1.29 is 80.5 Å². The van der Waals surface area contributed by atoms with Crippen molar-refractivity contribution >= 4 is 77.0 Å². The van der Waals surface area contributed by atoms with E-state index in [0.29, 0.717) is 18.7 Å². The number of ether oxygens (including phenoxy) is 1. The number of imidazole rings is 1. The van der Waals surface area contributed by atoms with Crippen LogP contribution in [-0.2, 0) is 50.7 Å². The van der Waals surface area contributed by atoms with E-state index in [2.05, 4.69) is 47.5 Å². The summed E-state index contributed by atoms with van der Waals surface area (Å²) >= 11 is 1.73. The number of phosphoric ester groups is 3. The number of nitrogens with zero attached hydrogens (tertiary/aromatic N) is 4. The van der Waals surface area contributed by atoms with Gasteiger partial charge < -0.3 is 55.7 Å². The number of carbonyl (C=O) groups is 3. The molecule has 1 saturated heterocycles. The quantitative estimate of drug-likeness (QED) is 0.0305. The minimum Gasteiger partial charge on any atom is -0.386 e. The van der Waals surface area contributed by atoms with Crippen LogP contribution in [-0.4, -0.2) is 131 Å². The largest absolute Gasteiger partial charge is 0.481 e. The van der Waals surface area contributed by atoms with Gasteiger partial charge >= 0.3 is 23.5 Å². The van der Waals surface area contributed by atoms with Crippen molar-refractivity contribution in [2.45, 2.75) is 76.5 Å². The average Bonchev–Trinajstić information content (AvgIpc) is 3.63. The first-order chi connectivity index (χ1) is 25.4. The first-order valence-electron chi connectivity index (χ1n) is 16.3. The minimum absolute atomic E-state index is 0.0339. The third-order valence-electron chi connectivity index (χ3n) is 7.86. The van der Waals surface area contributed by atoms with Gasteiger partial charge in [-0.2, -0.15) is 15.5 Å². The molecule has 0 aliphatic carbocycles. The van der Waals surface area contributed by atoms with E-state index in [-0.39, 0.29) is 35.9 Å². The zero-order valence-electron chi connectivity index (χ0n) is 30.1. The minimum atomic E-state index is -5.56. The molecule has 0 bridgehead atoms. The maximum Gasteiger partial charge on any atom is 0.481 e. The van der Waals surface area contributed by atoms with Crippen LogP contribution in [0.1, 0.15) is 32.9 Å². The van der Waals surface area contributed by atoms with Gasteiger partial charge in [-0.3, -0.25) is 27.7 Å². The number of rotatable bonds is 23. The van der Waals surface area contributed by atoms with E-state index in [1.165, 1.54) is 13.8 Å². The zero-order chi connectivity index (χ0) is 41.4. The Morgan fingerprint density at radius 1 is 1.11 bits per heavy atom. The number of hydrogen-bond acceptors (Lipinski definition) is 18. The Hall–Kier alpha value is -2.22. The summed E-state index contributed by atoms with van der Waals surface area (Å²) in [6.45, 7) is 5.03.